The van der Waals surface area contributed by atoms with Gasteiger partial charge >= 0.3 is 0 Å². The van der Waals surface area contributed by atoms with Crippen LogP contribution in [0, 0.1) is 5.92 Å². The van der Waals surface area contributed by atoms with Gasteiger partial charge in [-0.1, -0.05) is 12.1 Å². The van der Waals surface area contributed by atoms with E-state index in [1.807, 2.05) is 6.07 Å². The number of nitrogens with one attached hydrogen (secondary N) is 1. The van der Waals surface area contributed by atoms with Crippen molar-refractivity contribution in [2.75, 3.05) is 13.1 Å². The highest BCUT2D eigenvalue weighted by Gasteiger charge is 2.32. The van der Waals surface area contributed by atoms with Gasteiger partial charge in [0.05, 0.1) is 5.92 Å². The number of carbonyl (C=O) groups excluding carboxylic acids is 1. The van der Waals surface area contributed by atoms with Crippen molar-refractivity contribution in [2.24, 2.45) is 11.7 Å². The van der Waals surface area contributed by atoms with E-state index in [0.717, 1.165) is 12.1 Å². The minimum atomic E-state index is -0.284. The molecule has 80 valence electrons. The number of amides is 1. The minimum Gasteiger partial charge on any atom is -0.508 e. The maximum atomic E-state index is 11.2. The summed E-state index contributed by atoms with van der Waals surface area (Å²) in [6.45, 7) is 1.35. The lowest BCUT2D eigenvalue weighted by atomic mass is 9.88. The molecule has 1 aromatic carbocycles. The number of benzene rings is 1. The fourth-order valence-electron chi connectivity index (χ4n) is 2.08. The maximum absolute atomic E-state index is 11.2. The minimum absolute atomic E-state index is 0.0783. The van der Waals surface area contributed by atoms with Gasteiger partial charge in [0.2, 0.25) is 5.91 Å². The van der Waals surface area contributed by atoms with Crippen molar-refractivity contribution in [1.29, 1.82) is 0 Å². The van der Waals surface area contributed by atoms with Gasteiger partial charge in [-0.25, -0.2) is 0 Å². The van der Waals surface area contributed by atoms with Crippen molar-refractivity contribution in [2.45, 2.75) is 5.92 Å². The van der Waals surface area contributed by atoms with Gasteiger partial charge in [-0.05, 0) is 17.7 Å². The van der Waals surface area contributed by atoms with Gasteiger partial charge < -0.3 is 16.2 Å². The van der Waals surface area contributed by atoms with Crippen molar-refractivity contribution in [1.82, 2.24) is 5.32 Å². The average molecular weight is 206 g/mol. The highest BCUT2D eigenvalue weighted by Crippen LogP contribution is 2.29. The Labute approximate surface area is 88.1 Å². The van der Waals surface area contributed by atoms with Gasteiger partial charge in [0.1, 0.15) is 5.75 Å². The summed E-state index contributed by atoms with van der Waals surface area (Å²) in [7, 11) is 0. The number of hydrogen-bond donors (Lipinski definition) is 3. The molecule has 15 heavy (non-hydrogen) atoms. The van der Waals surface area contributed by atoms with Crippen LogP contribution in [0.2, 0.25) is 0 Å². The van der Waals surface area contributed by atoms with Crippen LogP contribution in [0.15, 0.2) is 24.3 Å². The van der Waals surface area contributed by atoms with Gasteiger partial charge in [0.25, 0.3) is 0 Å². The van der Waals surface area contributed by atoms with E-state index < -0.39 is 0 Å². The van der Waals surface area contributed by atoms with E-state index >= 15 is 0 Å². The molecular formula is C11H14N2O2. The van der Waals surface area contributed by atoms with Crippen molar-refractivity contribution >= 4 is 5.91 Å². The molecule has 2 atom stereocenters. The second-order valence-corrected chi connectivity index (χ2v) is 3.87. The van der Waals surface area contributed by atoms with Crippen LogP contribution in [0.1, 0.15) is 11.5 Å². The van der Waals surface area contributed by atoms with E-state index in [1.54, 1.807) is 18.2 Å². The molecule has 0 aromatic heterocycles. The molecule has 0 saturated carbocycles. The van der Waals surface area contributed by atoms with Crippen LogP contribution in [0.25, 0.3) is 0 Å². The first-order valence-corrected chi connectivity index (χ1v) is 4.97. The lowest BCUT2D eigenvalue weighted by molar-refractivity contribution is -0.121. The summed E-state index contributed by atoms with van der Waals surface area (Å²) in [5.74, 6) is -0.155. The predicted octanol–water partition coefficient (Wildman–Crippen LogP) is 0.180. The Morgan fingerprint density at radius 3 is 2.93 bits per heavy atom. The zero-order valence-corrected chi connectivity index (χ0v) is 8.31. The highest BCUT2D eigenvalue weighted by molar-refractivity contribution is 5.78. The van der Waals surface area contributed by atoms with Crippen molar-refractivity contribution < 1.29 is 9.90 Å². The monoisotopic (exact) mass is 206 g/mol. The third kappa shape index (κ3) is 1.94. The molecule has 1 saturated heterocycles. The Balaban J connectivity index is 2.26. The Bertz CT molecular complexity index is 379. The van der Waals surface area contributed by atoms with Crippen LogP contribution in [0.3, 0.4) is 0 Å². The lowest BCUT2D eigenvalue weighted by Gasteiger charge is -2.15. The first-order chi connectivity index (χ1) is 7.18. The summed E-state index contributed by atoms with van der Waals surface area (Å²) in [5.41, 5.74) is 6.28. The molecule has 0 bridgehead atoms. The molecule has 4 nitrogen and oxygen atoms in total. The van der Waals surface area contributed by atoms with Crippen LogP contribution in [0.4, 0.5) is 0 Å². The smallest absolute Gasteiger partial charge is 0.222 e. The third-order valence-electron chi connectivity index (χ3n) is 2.88. The van der Waals surface area contributed by atoms with Crippen molar-refractivity contribution in [3.8, 4) is 5.75 Å². The molecule has 1 aromatic rings. The van der Waals surface area contributed by atoms with Gasteiger partial charge in [0, 0.05) is 19.0 Å². The second kappa shape index (κ2) is 3.90. The van der Waals surface area contributed by atoms with Crippen LogP contribution >= 0.6 is 0 Å². The van der Waals surface area contributed by atoms with Gasteiger partial charge in [-0.3, -0.25) is 4.79 Å². The maximum Gasteiger partial charge on any atom is 0.222 e. The van der Waals surface area contributed by atoms with E-state index in [-0.39, 0.29) is 23.5 Å². The predicted molar refractivity (Wildman–Crippen MR) is 56.4 cm³/mol. The molecule has 0 aliphatic carbocycles. The molecule has 1 fully saturated rings. The Morgan fingerprint density at radius 1 is 1.47 bits per heavy atom. The van der Waals surface area contributed by atoms with Crippen LogP contribution in [0.5, 0.6) is 5.75 Å². The molecule has 1 amide bonds. The second-order valence-electron chi connectivity index (χ2n) is 3.87. The summed E-state index contributed by atoms with van der Waals surface area (Å²) >= 11 is 0. The number of phenols is 1. The van der Waals surface area contributed by atoms with Gasteiger partial charge in [0.15, 0.2) is 0 Å². The molecule has 2 rings (SSSR count). The topological polar surface area (TPSA) is 75.4 Å². The largest absolute Gasteiger partial charge is 0.508 e. The molecule has 0 spiro atoms. The standard InChI is InChI=1S/C11H14N2O2/c12-11(15)10-6-13-5-9(10)7-2-1-3-8(14)4-7/h1-4,9-10,13-14H,5-6H2,(H2,12,15)/t9-,10+/m0/s1. The molecule has 4 heteroatoms. The van der Waals surface area contributed by atoms with Gasteiger partial charge in [-0.2, -0.15) is 0 Å². The SMILES string of the molecule is NC(=O)[C@@H]1CNC[C@H]1c1cccc(O)c1. The highest BCUT2D eigenvalue weighted by atomic mass is 16.3. The third-order valence-corrected chi connectivity index (χ3v) is 2.88. The van der Waals surface area contributed by atoms with E-state index in [9.17, 15) is 9.90 Å². The molecule has 1 heterocycles. The number of nitrogens with two attached hydrogens (primary N) is 1. The van der Waals surface area contributed by atoms with Crippen LogP contribution in [-0.2, 0) is 4.79 Å². The molecule has 0 radical (unpaired) electrons. The first-order valence-electron chi connectivity index (χ1n) is 4.97. The Hall–Kier alpha value is -1.55. The van der Waals surface area contributed by atoms with E-state index in [4.69, 9.17) is 5.73 Å². The number of primary amides is 1. The zero-order chi connectivity index (χ0) is 10.8. The summed E-state index contributed by atoms with van der Waals surface area (Å²) in [4.78, 5) is 11.2. The average Bonchev–Trinajstić information content (AvgIpc) is 2.65. The summed E-state index contributed by atoms with van der Waals surface area (Å²) < 4.78 is 0. The number of hydrogen-bond acceptors (Lipinski definition) is 3. The molecule has 1 aliphatic rings. The van der Waals surface area contributed by atoms with E-state index in [1.165, 1.54) is 0 Å². The Morgan fingerprint density at radius 2 is 2.27 bits per heavy atom. The number of aromatic hydroxyl groups is 1. The van der Waals surface area contributed by atoms with E-state index in [0.29, 0.717) is 6.54 Å². The lowest BCUT2D eigenvalue weighted by Crippen LogP contribution is -2.28. The fourth-order valence-corrected chi connectivity index (χ4v) is 2.08. The van der Waals surface area contributed by atoms with Crippen molar-refractivity contribution in [3.63, 3.8) is 0 Å². The van der Waals surface area contributed by atoms with E-state index in [2.05, 4.69) is 5.32 Å². The summed E-state index contributed by atoms with van der Waals surface area (Å²) in [6.07, 6.45) is 0. The summed E-state index contributed by atoms with van der Waals surface area (Å²) in [6, 6.07) is 6.99. The fraction of sp³-hybridized carbons (Fsp3) is 0.364. The molecule has 0 unspecified atom stereocenters. The number of carbonyl (C=O) groups is 1. The molecule has 1 aliphatic heterocycles. The van der Waals surface area contributed by atoms with Crippen molar-refractivity contribution in [3.05, 3.63) is 29.8 Å². The summed E-state index contributed by atoms with van der Waals surface area (Å²) in [5, 5.41) is 12.5. The molecular weight excluding hydrogens is 192 g/mol. The van der Waals surface area contributed by atoms with Crippen LogP contribution < -0.4 is 11.1 Å². The number of rotatable bonds is 2. The van der Waals surface area contributed by atoms with Crippen LogP contribution in [-0.4, -0.2) is 24.1 Å². The first kappa shape index (κ1) is 9.98. The molecule has 4 N–H and O–H groups in total. The Kier molecular flexibility index (Phi) is 2.60. The number of phenolic OH excluding ortho intramolecular Hbond substituents is 1. The normalized spacial score (nSPS) is 25.3. The quantitative estimate of drug-likeness (QED) is 0.646. The van der Waals surface area contributed by atoms with Gasteiger partial charge in [-0.15, -0.1) is 0 Å². The zero-order valence-electron chi connectivity index (χ0n) is 8.31.